The first-order valence-electron chi connectivity index (χ1n) is 6.25. The summed E-state index contributed by atoms with van der Waals surface area (Å²) < 4.78 is 10.7. The lowest BCUT2D eigenvalue weighted by Crippen LogP contribution is -2.16. The summed E-state index contributed by atoms with van der Waals surface area (Å²) in [6.07, 6.45) is 2.64. The normalized spacial score (nSPS) is 14.9. The van der Waals surface area contributed by atoms with Crippen LogP contribution < -0.4 is 10.1 Å². The van der Waals surface area contributed by atoms with E-state index < -0.39 is 0 Å². The van der Waals surface area contributed by atoms with Gasteiger partial charge in [-0.05, 0) is 37.0 Å². The van der Waals surface area contributed by atoms with Gasteiger partial charge in [-0.1, -0.05) is 12.1 Å². The van der Waals surface area contributed by atoms with Gasteiger partial charge in [-0.3, -0.25) is 0 Å². The lowest BCUT2D eigenvalue weighted by atomic mass is 10.1. The first kappa shape index (κ1) is 12.4. The van der Waals surface area contributed by atoms with Crippen LogP contribution in [0.4, 0.5) is 0 Å². The fourth-order valence-corrected chi connectivity index (χ4v) is 1.78. The summed E-state index contributed by atoms with van der Waals surface area (Å²) in [4.78, 5) is 0. The SMILES string of the molecule is COCCOc1cccc(CNC2CC2)c1C. The van der Waals surface area contributed by atoms with Gasteiger partial charge in [0.25, 0.3) is 0 Å². The van der Waals surface area contributed by atoms with Crippen LogP contribution in [0.5, 0.6) is 5.75 Å². The zero-order valence-corrected chi connectivity index (χ0v) is 10.7. The Morgan fingerprint density at radius 2 is 2.12 bits per heavy atom. The Balaban J connectivity index is 1.93. The number of hydrogen-bond acceptors (Lipinski definition) is 3. The number of benzene rings is 1. The van der Waals surface area contributed by atoms with Gasteiger partial charge in [0.05, 0.1) is 6.61 Å². The topological polar surface area (TPSA) is 30.5 Å². The van der Waals surface area contributed by atoms with Crippen LogP contribution in [0.25, 0.3) is 0 Å². The lowest BCUT2D eigenvalue weighted by molar-refractivity contribution is 0.146. The van der Waals surface area contributed by atoms with Crippen molar-refractivity contribution in [3.8, 4) is 5.75 Å². The average molecular weight is 235 g/mol. The second kappa shape index (κ2) is 6.03. The van der Waals surface area contributed by atoms with Crippen molar-refractivity contribution < 1.29 is 9.47 Å². The Morgan fingerprint density at radius 3 is 2.82 bits per heavy atom. The van der Waals surface area contributed by atoms with E-state index in [1.54, 1.807) is 7.11 Å². The molecule has 2 rings (SSSR count). The van der Waals surface area contributed by atoms with E-state index in [0.717, 1.165) is 18.3 Å². The van der Waals surface area contributed by atoms with Gasteiger partial charge in [0.2, 0.25) is 0 Å². The molecule has 1 fully saturated rings. The van der Waals surface area contributed by atoms with Crippen LogP contribution in [-0.2, 0) is 11.3 Å². The molecule has 1 aliphatic rings. The first-order chi connectivity index (χ1) is 8.31. The minimum Gasteiger partial charge on any atom is -0.491 e. The van der Waals surface area contributed by atoms with Crippen LogP contribution in [0.1, 0.15) is 24.0 Å². The Morgan fingerprint density at radius 1 is 1.29 bits per heavy atom. The third kappa shape index (κ3) is 3.72. The van der Waals surface area contributed by atoms with E-state index >= 15 is 0 Å². The monoisotopic (exact) mass is 235 g/mol. The molecule has 0 amide bonds. The van der Waals surface area contributed by atoms with Crippen LogP contribution in [-0.4, -0.2) is 26.4 Å². The standard InChI is InChI=1S/C14H21NO2/c1-11-12(10-15-13-6-7-13)4-3-5-14(11)17-9-8-16-2/h3-5,13,15H,6-10H2,1-2H3. The third-order valence-electron chi connectivity index (χ3n) is 3.10. The van der Waals surface area contributed by atoms with Crippen LogP contribution in [0.2, 0.25) is 0 Å². The number of hydrogen-bond donors (Lipinski definition) is 1. The van der Waals surface area contributed by atoms with Crippen molar-refractivity contribution in [2.45, 2.75) is 32.4 Å². The molecule has 0 saturated heterocycles. The number of rotatable bonds is 7. The minimum absolute atomic E-state index is 0.608. The van der Waals surface area contributed by atoms with Crippen LogP contribution in [0, 0.1) is 6.92 Å². The van der Waals surface area contributed by atoms with Gasteiger partial charge in [-0.2, -0.15) is 0 Å². The minimum atomic E-state index is 0.608. The van der Waals surface area contributed by atoms with Crippen molar-refractivity contribution in [1.29, 1.82) is 0 Å². The van der Waals surface area contributed by atoms with Gasteiger partial charge in [0.15, 0.2) is 0 Å². The molecular weight excluding hydrogens is 214 g/mol. The molecule has 0 radical (unpaired) electrons. The van der Waals surface area contributed by atoms with Crippen LogP contribution in [0.15, 0.2) is 18.2 Å². The highest BCUT2D eigenvalue weighted by Crippen LogP contribution is 2.23. The average Bonchev–Trinajstić information content (AvgIpc) is 3.14. The van der Waals surface area contributed by atoms with E-state index in [2.05, 4.69) is 24.4 Å². The molecule has 0 spiro atoms. The molecule has 1 saturated carbocycles. The molecule has 0 bridgehead atoms. The van der Waals surface area contributed by atoms with E-state index in [0.29, 0.717) is 13.2 Å². The maximum Gasteiger partial charge on any atom is 0.122 e. The van der Waals surface area contributed by atoms with Crippen molar-refractivity contribution in [3.63, 3.8) is 0 Å². The number of methoxy groups -OCH3 is 1. The molecule has 1 N–H and O–H groups in total. The molecule has 1 aliphatic carbocycles. The van der Waals surface area contributed by atoms with E-state index in [9.17, 15) is 0 Å². The summed E-state index contributed by atoms with van der Waals surface area (Å²) in [5.41, 5.74) is 2.56. The fourth-order valence-electron chi connectivity index (χ4n) is 1.78. The summed E-state index contributed by atoms with van der Waals surface area (Å²) in [6, 6.07) is 6.98. The summed E-state index contributed by atoms with van der Waals surface area (Å²) in [5, 5.41) is 3.53. The predicted molar refractivity (Wildman–Crippen MR) is 68.4 cm³/mol. The Labute approximate surface area is 103 Å². The highest BCUT2D eigenvalue weighted by molar-refractivity contribution is 5.39. The number of nitrogens with one attached hydrogen (secondary N) is 1. The van der Waals surface area contributed by atoms with Crippen LogP contribution >= 0.6 is 0 Å². The van der Waals surface area contributed by atoms with Crippen LogP contribution in [0.3, 0.4) is 0 Å². The molecule has 0 unspecified atom stereocenters. The van der Waals surface area contributed by atoms with Gasteiger partial charge in [-0.15, -0.1) is 0 Å². The van der Waals surface area contributed by atoms with E-state index in [1.807, 2.05) is 6.07 Å². The van der Waals surface area contributed by atoms with Crippen molar-refractivity contribution in [2.75, 3.05) is 20.3 Å². The Bertz CT molecular complexity index is 361. The predicted octanol–water partition coefficient (Wildman–Crippen LogP) is 2.27. The summed E-state index contributed by atoms with van der Waals surface area (Å²) in [7, 11) is 1.69. The van der Waals surface area contributed by atoms with E-state index in [4.69, 9.17) is 9.47 Å². The highest BCUT2D eigenvalue weighted by atomic mass is 16.5. The maximum absolute atomic E-state index is 5.69. The lowest BCUT2D eigenvalue weighted by Gasteiger charge is -2.13. The molecule has 0 aliphatic heterocycles. The zero-order valence-electron chi connectivity index (χ0n) is 10.7. The highest BCUT2D eigenvalue weighted by Gasteiger charge is 2.20. The largest absolute Gasteiger partial charge is 0.491 e. The quantitative estimate of drug-likeness (QED) is 0.735. The van der Waals surface area contributed by atoms with Crippen molar-refractivity contribution in [2.24, 2.45) is 0 Å². The molecule has 3 heteroatoms. The summed E-state index contributed by atoms with van der Waals surface area (Å²) in [6.45, 7) is 4.30. The molecule has 17 heavy (non-hydrogen) atoms. The molecular formula is C14H21NO2. The zero-order chi connectivity index (χ0) is 12.1. The summed E-state index contributed by atoms with van der Waals surface area (Å²) in [5.74, 6) is 0.970. The smallest absolute Gasteiger partial charge is 0.122 e. The third-order valence-corrected chi connectivity index (χ3v) is 3.10. The molecule has 94 valence electrons. The van der Waals surface area contributed by atoms with Gasteiger partial charge < -0.3 is 14.8 Å². The summed E-state index contributed by atoms with van der Waals surface area (Å²) >= 11 is 0. The second-order valence-electron chi connectivity index (χ2n) is 4.54. The maximum atomic E-state index is 5.69. The van der Waals surface area contributed by atoms with Crippen molar-refractivity contribution in [3.05, 3.63) is 29.3 Å². The molecule has 1 aromatic carbocycles. The van der Waals surface area contributed by atoms with Crippen molar-refractivity contribution in [1.82, 2.24) is 5.32 Å². The van der Waals surface area contributed by atoms with E-state index in [1.165, 1.54) is 24.0 Å². The molecule has 0 atom stereocenters. The van der Waals surface area contributed by atoms with Gasteiger partial charge in [0, 0.05) is 19.7 Å². The first-order valence-corrected chi connectivity index (χ1v) is 6.25. The van der Waals surface area contributed by atoms with Crippen molar-refractivity contribution >= 4 is 0 Å². The molecule has 3 nitrogen and oxygen atoms in total. The Kier molecular flexibility index (Phi) is 4.40. The molecule has 1 aromatic rings. The fraction of sp³-hybridized carbons (Fsp3) is 0.571. The number of ether oxygens (including phenoxy) is 2. The molecule has 0 heterocycles. The van der Waals surface area contributed by atoms with Gasteiger partial charge in [0.1, 0.15) is 12.4 Å². The second-order valence-corrected chi connectivity index (χ2v) is 4.54. The molecule has 0 aromatic heterocycles. The van der Waals surface area contributed by atoms with Gasteiger partial charge >= 0.3 is 0 Å². The Hall–Kier alpha value is -1.06. The van der Waals surface area contributed by atoms with Gasteiger partial charge in [-0.25, -0.2) is 0 Å². The van der Waals surface area contributed by atoms with E-state index in [-0.39, 0.29) is 0 Å².